The quantitative estimate of drug-likeness (QED) is 0.848. The zero-order chi connectivity index (χ0) is 15.1. The van der Waals surface area contributed by atoms with E-state index in [-0.39, 0.29) is 6.04 Å². The second-order valence-corrected chi connectivity index (χ2v) is 5.15. The van der Waals surface area contributed by atoms with Gasteiger partial charge in [-0.25, -0.2) is 0 Å². The summed E-state index contributed by atoms with van der Waals surface area (Å²) in [6.07, 6.45) is 3.64. The molecule has 112 valence electrons. The fourth-order valence-corrected chi connectivity index (χ4v) is 2.58. The zero-order valence-electron chi connectivity index (χ0n) is 12.7. The average Bonchev–Trinajstić information content (AvgIpc) is 2.51. The van der Waals surface area contributed by atoms with Gasteiger partial charge in [0.05, 0.1) is 6.61 Å². The molecule has 1 aromatic carbocycles. The summed E-state index contributed by atoms with van der Waals surface area (Å²) in [5.41, 5.74) is 9.69. The van der Waals surface area contributed by atoms with Crippen molar-refractivity contribution in [1.29, 1.82) is 0 Å². The van der Waals surface area contributed by atoms with E-state index in [1.165, 1.54) is 16.7 Å². The van der Waals surface area contributed by atoms with Crippen molar-refractivity contribution >= 4 is 0 Å². The number of methoxy groups -OCH3 is 1. The molecule has 1 unspecified atom stereocenters. The van der Waals surface area contributed by atoms with Gasteiger partial charge in [-0.05, 0) is 35.9 Å². The number of pyridine rings is 1. The summed E-state index contributed by atoms with van der Waals surface area (Å²) in [6, 6.07) is 12.6. The van der Waals surface area contributed by atoms with E-state index in [0.717, 1.165) is 6.54 Å². The van der Waals surface area contributed by atoms with Gasteiger partial charge in [0.1, 0.15) is 0 Å². The van der Waals surface area contributed by atoms with Gasteiger partial charge < -0.3 is 10.5 Å². The van der Waals surface area contributed by atoms with E-state index in [4.69, 9.17) is 10.5 Å². The molecule has 0 aliphatic carbocycles. The standard InChI is InChI=1S/C17H23N3O/c1-20(12-14-7-9-19-10-8-14)17(11-18)16-6-4-3-5-15(16)13-21-2/h3-10,17H,11-13,18H2,1-2H3. The van der Waals surface area contributed by atoms with Gasteiger partial charge in [0.15, 0.2) is 0 Å². The lowest BCUT2D eigenvalue weighted by Crippen LogP contribution is -2.31. The largest absolute Gasteiger partial charge is 0.380 e. The minimum atomic E-state index is 0.171. The highest BCUT2D eigenvalue weighted by atomic mass is 16.5. The molecule has 0 saturated heterocycles. The van der Waals surface area contributed by atoms with Crippen LogP contribution >= 0.6 is 0 Å². The van der Waals surface area contributed by atoms with Gasteiger partial charge in [-0.2, -0.15) is 0 Å². The summed E-state index contributed by atoms with van der Waals surface area (Å²) in [5, 5.41) is 0. The lowest BCUT2D eigenvalue weighted by molar-refractivity contribution is 0.179. The molecular weight excluding hydrogens is 262 g/mol. The number of ether oxygens (including phenoxy) is 1. The third-order valence-electron chi connectivity index (χ3n) is 3.65. The summed E-state index contributed by atoms with van der Waals surface area (Å²) >= 11 is 0. The van der Waals surface area contributed by atoms with Crippen molar-refractivity contribution < 1.29 is 4.74 Å². The first-order valence-corrected chi connectivity index (χ1v) is 7.12. The highest BCUT2D eigenvalue weighted by Gasteiger charge is 2.18. The van der Waals surface area contributed by atoms with Crippen LogP contribution < -0.4 is 5.73 Å². The van der Waals surface area contributed by atoms with Crippen LogP contribution in [0.1, 0.15) is 22.7 Å². The fourth-order valence-electron chi connectivity index (χ4n) is 2.58. The average molecular weight is 285 g/mol. The Bertz CT molecular complexity index is 545. The van der Waals surface area contributed by atoms with Crippen LogP contribution in [0.4, 0.5) is 0 Å². The molecule has 0 spiro atoms. The Hall–Kier alpha value is -1.75. The van der Waals surface area contributed by atoms with Crippen LogP contribution in [0.2, 0.25) is 0 Å². The first kappa shape index (κ1) is 15.6. The Morgan fingerprint density at radius 3 is 2.57 bits per heavy atom. The van der Waals surface area contributed by atoms with Crippen molar-refractivity contribution in [3.63, 3.8) is 0 Å². The van der Waals surface area contributed by atoms with Crippen LogP contribution in [0.15, 0.2) is 48.8 Å². The normalized spacial score (nSPS) is 12.6. The number of nitrogens with two attached hydrogens (primary N) is 1. The molecule has 2 rings (SSSR count). The van der Waals surface area contributed by atoms with Crippen molar-refractivity contribution in [3.8, 4) is 0 Å². The van der Waals surface area contributed by atoms with Gasteiger partial charge in [-0.1, -0.05) is 24.3 Å². The van der Waals surface area contributed by atoms with E-state index < -0.39 is 0 Å². The zero-order valence-corrected chi connectivity index (χ0v) is 12.7. The minimum absolute atomic E-state index is 0.171. The molecule has 2 aromatic rings. The maximum absolute atomic E-state index is 6.03. The molecule has 0 aliphatic heterocycles. The van der Waals surface area contributed by atoms with Crippen molar-refractivity contribution in [2.75, 3.05) is 20.7 Å². The van der Waals surface area contributed by atoms with Crippen molar-refractivity contribution in [1.82, 2.24) is 9.88 Å². The smallest absolute Gasteiger partial charge is 0.0716 e. The monoisotopic (exact) mass is 285 g/mol. The van der Waals surface area contributed by atoms with Crippen molar-refractivity contribution in [2.24, 2.45) is 5.73 Å². The predicted octanol–water partition coefficient (Wildman–Crippen LogP) is 2.36. The number of nitrogens with zero attached hydrogens (tertiary/aromatic N) is 2. The Kier molecular flexibility index (Phi) is 5.87. The second-order valence-electron chi connectivity index (χ2n) is 5.15. The Balaban J connectivity index is 2.19. The van der Waals surface area contributed by atoms with Crippen molar-refractivity contribution in [3.05, 3.63) is 65.5 Å². The molecular formula is C17H23N3O. The molecule has 2 N–H and O–H groups in total. The summed E-state index contributed by atoms with van der Waals surface area (Å²) in [6.45, 7) is 2.02. The summed E-state index contributed by atoms with van der Waals surface area (Å²) < 4.78 is 5.29. The number of aromatic nitrogens is 1. The van der Waals surface area contributed by atoms with E-state index in [1.54, 1.807) is 7.11 Å². The highest BCUT2D eigenvalue weighted by Crippen LogP contribution is 2.24. The maximum Gasteiger partial charge on any atom is 0.0716 e. The Morgan fingerprint density at radius 1 is 1.19 bits per heavy atom. The van der Waals surface area contributed by atoms with Crippen LogP contribution in [0.5, 0.6) is 0 Å². The number of hydrogen-bond donors (Lipinski definition) is 1. The third-order valence-corrected chi connectivity index (χ3v) is 3.65. The molecule has 21 heavy (non-hydrogen) atoms. The predicted molar refractivity (Wildman–Crippen MR) is 84.7 cm³/mol. The van der Waals surface area contributed by atoms with Crippen LogP contribution in [-0.2, 0) is 17.9 Å². The van der Waals surface area contributed by atoms with Gasteiger partial charge in [0.2, 0.25) is 0 Å². The SMILES string of the molecule is COCc1ccccc1C(CN)N(C)Cc1ccncc1. The second kappa shape index (κ2) is 7.88. The third kappa shape index (κ3) is 4.11. The van der Waals surface area contributed by atoms with E-state index in [9.17, 15) is 0 Å². The van der Waals surface area contributed by atoms with E-state index in [2.05, 4.69) is 35.1 Å². The van der Waals surface area contributed by atoms with Gasteiger partial charge in [-0.3, -0.25) is 9.88 Å². The molecule has 0 aliphatic rings. The number of rotatable bonds is 7. The summed E-state index contributed by atoms with van der Waals surface area (Å²) in [5.74, 6) is 0. The minimum Gasteiger partial charge on any atom is -0.380 e. The van der Waals surface area contributed by atoms with Gasteiger partial charge >= 0.3 is 0 Å². The highest BCUT2D eigenvalue weighted by molar-refractivity contribution is 5.30. The summed E-state index contributed by atoms with van der Waals surface area (Å²) in [7, 11) is 3.82. The topological polar surface area (TPSA) is 51.4 Å². The van der Waals surface area contributed by atoms with Crippen LogP contribution in [0.25, 0.3) is 0 Å². The molecule has 4 nitrogen and oxygen atoms in total. The Morgan fingerprint density at radius 2 is 1.90 bits per heavy atom. The van der Waals surface area contributed by atoms with E-state index >= 15 is 0 Å². The maximum atomic E-state index is 6.03. The number of likely N-dealkylation sites (N-methyl/N-ethyl adjacent to an activating group) is 1. The van der Waals surface area contributed by atoms with Gasteiger partial charge in [0, 0.05) is 38.6 Å². The fraction of sp³-hybridized carbons (Fsp3) is 0.353. The first-order valence-electron chi connectivity index (χ1n) is 7.12. The molecule has 0 radical (unpaired) electrons. The van der Waals surface area contributed by atoms with Gasteiger partial charge in [-0.15, -0.1) is 0 Å². The first-order chi connectivity index (χ1) is 10.3. The van der Waals surface area contributed by atoms with Crippen molar-refractivity contribution in [2.45, 2.75) is 19.2 Å². The molecule has 1 aromatic heterocycles. The molecule has 0 fully saturated rings. The molecule has 1 heterocycles. The van der Waals surface area contributed by atoms with Crippen LogP contribution in [0, 0.1) is 0 Å². The number of benzene rings is 1. The lowest BCUT2D eigenvalue weighted by Gasteiger charge is -2.29. The molecule has 0 saturated carbocycles. The van der Waals surface area contributed by atoms with Gasteiger partial charge in [0.25, 0.3) is 0 Å². The van der Waals surface area contributed by atoms with E-state index in [0.29, 0.717) is 13.2 Å². The molecule has 4 heteroatoms. The lowest BCUT2D eigenvalue weighted by atomic mass is 9.99. The molecule has 1 atom stereocenters. The molecule has 0 bridgehead atoms. The van der Waals surface area contributed by atoms with E-state index in [1.807, 2.05) is 30.6 Å². The van der Waals surface area contributed by atoms with Crippen LogP contribution in [0.3, 0.4) is 0 Å². The number of hydrogen-bond acceptors (Lipinski definition) is 4. The Labute approximate surface area is 126 Å². The molecule has 0 amide bonds. The van der Waals surface area contributed by atoms with Crippen LogP contribution in [-0.4, -0.2) is 30.6 Å². The summed E-state index contributed by atoms with van der Waals surface area (Å²) in [4.78, 5) is 6.32.